The smallest absolute Gasteiger partial charge is 0.320 e. The molecule has 0 radical (unpaired) electrons. The Morgan fingerprint density at radius 3 is 1.88 bits per heavy atom. The van der Waals surface area contributed by atoms with Gasteiger partial charge in [0.15, 0.2) is 0 Å². The number of nitrogens with one attached hydrogen (secondary N) is 3. The molecule has 0 saturated carbocycles. The van der Waals surface area contributed by atoms with Crippen molar-refractivity contribution in [3.8, 4) is 0 Å². The SMILES string of the molecule is O=C(Nc1ccccc1)Nc1ccccc1NC(=O)c1ccc(Cl)cc1. The summed E-state index contributed by atoms with van der Waals surface area (Å²) in [6, 6.07) is 22.2. The second-order valence-electron chi connectivity index (χ2n) is 5.45. The fourth-order valence-electron chi connectivity index (χ4n) is 2.30. The Labute approximate surface area is 156 Å². The van der Waals surface area contributed by atoms with E-state index in [9.17, 15) is 9.59 Å². The zero-order chi connectivity index (χ0) is 18.4. The Hall–Kier alpha value is -3.31. The van der Waals surface area contributed by atoms with E-state index in [1.807, 2.05) is 18.2 Å². The lowest BCUT2D eigenvalue weighted by atomic mass is 10.2. The van der Waals surface area contributed by atoms with E-state index in [0.717, 1.165) is 0 Å². The van der Waals surface area contributed by atoms with E-state index in [2.05, 4.69) is 16.0 Å². The van der Waals surface area contributed by atoms with E-state index in [4.69, 9.17) is 11.6 Å². The summed E-state index contributed by atoms with van der Waals surface area (Å²) in [5.41, 5.74) is 2.13. The van der Waals surface area contributed by atoms with Gasteiger partial charge in [0.2, 0.25) is 0 Å². The van der Waals surface area contributed by atoms with Crippen LogP contribution in [0.15, 0.2) is 78.9 Å². The van der Waals surface area contributed by atoms with Crippen LogP contribution < -0.4 is 16.0 Å². The molecule has 0 aliphatic rings. The highest BCUT2D eigenvalue weighted by Gasteiger charge is 2.11. The highest BCUT2D eigenvalue weighted by molar-refractivity contribution is 6.30. The van der Waals surface area contributed by atoms with Crippen molar-refractivity contribution in [2.75, 3.05) is 16.0 Å². The van der Waals surface area contributed by atoms with Crippen LogP contribution in [0.4, 0.5) is 21.9 Å². The van der Waals surface area contributed by atoms with Gasteiger partial charge in [0.1, 0.15) is 0 Å². The minimum atomic E-state index is -0.399. The van der Waals surface area contributed by atoms with Crippen LogP contribution >= 0.6 is 11.6 Å². The van der Waals surface area contributed by atoms with Crippen LogP contribution in [0.1, 0.15) is 10.4 Å². The molecule has 130 valence electrons. The summed E-state index contributed by atoms with van der Waals surface area (Å²) in [7, 11) is 0. The molecule has 0 saturated heterocycles. The van der Waals surface area contributed by atoms with E-state index < -0.39 is 6.03 Å². The number of anilines is 3. The fourth-order valence-corrected chi connectivity index (χ4v) is 2.43. The van der Waals surface area contributed by atoms with Crippen LogP contribution in [0.5, 0.6) is 0 Å². The van der Waals surface area contributed by atoms with Crippen molar-refractivity contribution >= 4 is 40.6 Å². The van der Waals surface area contributed by atoms with Gasteiger partial charge < -0.3 is 16.0 Å². The van der Waals surface area contributed by atoms with Gasteiger partial charge in [-0.15, -0.1) is 0 Å². The van der Waals surface area contributed by atoms with Gasteiger partial charge in [0.25, 0.3) is 5.91 Å². The van der Waals surface area contributed by atoms with Crippen LogP contribution in [0.25, 0.3) is 0 Å². The van der Waals surface area contributed by atoms with Crippen molar-refractivity contribution < 1.29 is 9.59 Å². The van der Waals surface area contributed by atoms with Gasteiger partial charge in [-0.25, -0.2) is 4.79 Å². The molecule has 0 unspecified atom stereocenters. The van der Waals surface area contributed by atoms with E-state index >= 15 is 0 Å². The van der Waals surface area contributed by atoms with Crippen molar-refractivity contribution in [3.63, 3.8) is 0 Å². The zero-order valence-electron chi connectivity index (χ0n) is 13.7. The predicted molar refractivity (Wildman–Crippen MR) is 105 cm³/mol. The number of hydrogen-bond donors (Lipinski definition) is 3. The molecule has 0 bridgehead atoms. The van der Waals surface area contributed by atoms with Crippen LogP contribution in [0.2, 0.25) is 5.02 Å². The summed E-state index contributed by atoms with van der Waals surface area (Å²) in [4.78, 5) is 24.5. The van der Waals surface area contributed by atoms with Gasteiger partial charge in [-0.3, -0.25) is 4.79 Å². The molecule has 6 heteroatoms. The number of hydrogen-bond acceptors (Lipinski definition) is 2. The first-order valence-corrected chi connectivity index (χ1v) is 8.28. The quantitative estimate of drug-likeness (QED) is 0.592. The Bertz CT molecular complexity index is 912. The number of carbonyl (C=O) groups is 2. The summed E-state index contributed by atoms with van der Waals surface area (Å²) in [6.07, 6.45) is 0. The fraction of sp³-hybridized carbons (Fsp3) is 0. The molecule has 3 N–H and O–H groups in total. The molecule has 26 heavy (non-hydrogen) atoms. The van der Waals surface area contributed by atoms with E-state index in [0.29, 0.717) is 27.6 Å². The summed E-state index contributed by atoms with van der Waals surface area (Å²) >= 11 is 5.84. The maximum Gasteiger partial charge on any atom is 0.323 e. The third-order valence-electron chi connectivity index (χ3n) is 3.56. The highest BCUT2D eigenvalue weighted by atomic mass is 35.5. The third kappa shape index (κ3) is 4.62. The molecule has 0 aromatic heterocycles. The lowest BCUT2D eigenvalue weighted by Crippen LogP contribution is -2.21. The summed E-state index contributed by atoms with van der Waals surface area (Å²) in [5, 5.41) is 8.82. The van der Waals surface area contributed by atoms with Gasteiger partial charge in [0, 0.05) is 16.3 Å². The number of carbonyl (C=O) groups excluding carboxylic acids is 2. The van der Waals surface area contributed by atoms with Crippen LogP contribution in [-0.4, -0.2) is 11.9 Å². The van der Waals surface area contributed by atoms with Gasteiger partial charge in [-0.2, -0.15) is 0 Å². The Balaban J connectivity index is 1.70. The molecule has 0 heterocycles. The third-order valence-corrected chi connectivity index (χ3v) is 3.81. The van der Waals surface area contributed by atoms with Gasteiger partial charge >= 0.3 is 6.03 Å². The average molecular weight is 366 g/mol. The van der Waals surface area contributed by atoms with Gasteiger partial charge in [-0.05, 0) is 48.5 Å². The minimum Gasteiger partial charge on any atom is -0.320 e. The minimum absolute atomic E-state index is 0.292. The van der Waals surface area contributed by atoms with Gasteiger partial charge in [-0.1, -0.05) is 41.9 Å². The van der Waals surface area contributed by atoms with E-state index in [1.165, 1.54) is 0 Å². The molecule has 3 aromatic carbocycles. The molecule has 0 fully saturated rings. The number of amides is 3. The number of benzene rings is 3. The molecule has 3 amide bonds. The topological polar surface area (TPSA) is 70.2 Å². The molecule has 3 rings (SSSR count). The second-order valence-corrected chi connectivity index (χ2v) is 5.89. The first kappa shape index (κ1) is 17.5. The summed E-state index contributed by atoms with van der Waals surface area (Å²) < 4.78 is 0. The monoisotopic (exact) mass is 365 g/mol. The number of halogens is 1. The number of para-hydroxylation sites is 3. The van der Waals surface area contributed by atoms with Crippen LogP contribution in [0, 0.1) is 0 Å². The molecular formula is C20H16ClN3O2. The molecule has 0 spiro atoms. The predicted octanol–water partition coefficient (Wildman–Crippen LogP) is 5.24. The number of rotatable bonds is 4. The van der Waals surface area contributed by atoms with Crippen molar-refractivity contribution in [2.24, 2.45) is 0 Å². The molecule has 5 nitrogen and oxygen atoms in total. The Kier molecular flexibility index (Phi) is 5.51. The highest BCUT2D eigenvalue weighted by Crippen LogP contribution is 2.22. The maximum absolute atomic E-state index is 12.4. The van der Waals surface area contributed by atoms with Crippen molar-refractivity contribution in [1.82, 2.24) is 0 Å². The first-order chi connectivity index (χ1) is 12.6. The average Bonchev–Trinajstić information content (AvgIpc) is 2.64. The molecular weight excluding hydrogens is 350 g/mol. The normalized spacial score (nSPS) is 10.0. The Morgan fingerprint density at radius 2 is 1.23 bits per heavy atom. The molecule has 3 aromatic rings. The standard InChI is InChI=1S/C20H16ClN3O2/c21-15-12-10-14(11-13-15)19(25)23-17-8-4-5-9-18(17)24-20(26)22-16-6-2-1-3-7-16/h1-13H,(H,23,25)(H2,22,24,26). The summed E-state index contributed by atoms with van der Waals surface area (Å²) in [6.45, 7) is 0. The van der Waals surface area contributed by atoms with E-state index in [-0.39, 0.29) is 5.91 Å². The molecule has 0 aliphatic heterocycles. The Morgan fingerprint density at radius 1 is 0.654 bits per heavy atom. The molecule has 0 atom stereocenters. The van der Waals surface area contributed by atoms with Crippen LogP contribution in [0.3, 0.4) is 0 Å². The lowest BCUT2D eigenvalue weighted by molar-refractivity contribution is 0.102. The number of urea groups is 1. The van der Waals surface area contributed by atoms with Crippen molar-refractivity contribution in [3.05, 3.63) is 89.4 Å². The van der Waals surface area contributed by atoms with Gasteiger partial charge in [0.05, 0.1) is 11.4 Å². The van der Waals surface area contributed by atoms with Crippen molar-refractivity contribution in [2.45, 2.75) is 0 Å². The zero-order valence-corrected chi connectivity index (χ0v) is 14.5. The maximum atomic E-state index is 12.4. The largest absolute Gasteiger partial charge is 0.323 e. The summed E-state index contributed by atoms with van der Waals surface area (Å²) in [5.74, 6) is -0.292. The second kappa shape index (κ2) is 8.18. The van der Waals surface area contributed by atoms with Crippen molar-refractivity contribution in [1.29, 1.82) is 0 Å². The first-order valence-electron chi connectivity index (χ1n) is 7.91. The van der Waals surface area contributed by atoms with E-state index in [1.54, 1.807) is 60.7 Å². The van der Waals surface area contributed by atoms with Crippen LogP contribution in [-0.2, 0) is 0 Å². The lowest BCUT2D eigenvalue weighted by Gasteiger charge is -2.13. The molecule has 0 aliphatic carbocycles.